The number of hydrogen-bond acceptors (Lipinski definition) is 5. The second-order valence-corrected chi connectivity index (χ2v) is 5.69. The van der Waals surface area contributed by atoms with Gasteiger partial charge in [0.25, 0.3) is 0 Å². The molecule has 2 heterocycles. The average Bonchev–Trinajstić information content (AvgIpc) is 2.70. The Morgan fingerprint density at radius 1 is 1.47 bits per heavy atom. The molecule has 5 heteroatoms. The zero-order valence-corrected chi connectivity index (χ0v) is 11.8. The highest BCUT2D eigenvalue weighted by molar-refractivity contribution is 7.15. The van der Waals surface area contributed by atoms with Gasteiger partial charge in [0.2, 0.25) is 0 Å². The molecule has 1 fully saturated rings. The van der Waals surface area contributed by atoms with Crippen LogP contribution in [0, 0.1) is 6.92 Å². The summed E-state index contributed by atoms with van der Waals surface area (Å²) < 4.78 is 0. The minimum Gasteiger partial charge on any atom is -0.345 e. The molecule has 2 rings (SSSR count). The van der Waals surface area contributed by atoms with E-state index in [0.29, 0.717) is 12.6 Å². The zero-order chi connectivity index (χ0) is 12.4. The molecule has 1 unspecified atom stereocenters. The standard InChI is InChI=1S/C12H22N4S/c1-4-15-5-6-16(8-9(15)2)12-14-10(3)11(7-13)17-12/h9H,4-8,13H2,1-3H3. The number of likely N-dealkylation sites (N-methyl/N-ethyl adjacent to an activating group) is 1. The van der Waals surface area contributed by atoms with Crippen molar-refractivity contribution in [1.82, 2.24) is 9.88 Å². The molecule has 2 N–H and O–H groups in total. The average molecular weight is 254 g/mol. The van der Waals surface area contributed by atoms with Crippen LogP contribution in [0.4, 0.5) is 5.13 Å². The molecule has 96 valence electrons. The highest BCUT2D eigenvalue weighted by atomic mass is 32.1. The summed E-state index contributed by atoms with van der Waals surface area (Å²) in [5.74, 6) is 0. The predicted molar refractivity (Wildman–Crippen MR) is 73.7 cm³/mol. The molecule has 0 aromatic carbocycles. The molecule has 1 aromatic rings. The maximum atomic E-state index is 5.71. The summed E-state index contributed by atoms with van der Waals surface area (Å²) in [5.41, 5.74) is 6.80. The van der Waals surface area contributed by atoms with E-state index in [1.165, 1.54) is 4.88 Å². The van der Waals surface area contributed by atoms with E-state index in [-0.39, 0.29) is 0 Å². The number of anilines is 1. The van der Waals surface area contributed by atoms with Gasteiger partial charge in [0.05, 0.1) is 5.69 Å². The Labute approximate surface area is 107 Å². The minimum absolute atomic E-state index is 0.605. The van der Waals surface area contributed by atoms with E-state index in [4.69, 9.17) is 5.73 Å². The Morgan fingerprint density at radius 2 is 2.24 bits per heavy atom. The first-order valence-electron chi connectivity index (χ1n) is 6.31. The van der Waals surface area contributed by atoms with Crippen molar-refractivity contribution in [2.24, 2.45) is 5.73 Å². The second kappa shape index (κ2) is 5.33. The molecule has 1 aliphatic rings. The first-order chi connectivity index (χ1) is 8.15. The quantitative estimate of drug-likeness (QED) is 0.886. The number of thiazole rings is 1. The Bertz CT molecular complexity index is 377. The fraction of sp³-hybridized carbons (Fsp3) is 0.750. The lowest BCUT2D eigenvalue weighted by Gasteiger charge is -2.39. The molecule has 0 aliphatic carbocycles. The van der Waals surface area contributed by atoms with Crippen LogP contribution >= 0.6 is 11.3 Å². The Morgan fingerprint density at radius 3 is 2.76 bits per heavy atom. The Kier molecular flexibility index (Phi) is 4.01. The van der Waals surface area contributed by atoms with E-state index >= 15 is 0 Å². The van der Waals surface area contributed by atoms with Crippen molar-refractivity contribution in [2.45, 2.75) is 33.4 Å². The number of aromatic nitrogens is 1. The van der Waals surface area contributed by atoms with E-state index < -0.39 is 0 Å². The van der Waals surface area contributed by atoms with Gasteiger partial charge in [-0.3, -0.25) is 4.90 Å². The fourth-order valence-electron chi connectivity index (χ4n) is 2.38. The molecular formula is C12H22N4S. The third kappa shape index (κ3) is 2.61. The molecule has 0 saturated carbocycles. The highest BCUT2D eigenvalue weighted by Crippen LogP contribution is 2.27. The molecule has 0 bridgehead atoms. The van der Waals surface area contributed by atoms with Crippen molar-refractivity contribution >= 4 is 16.5 Å². The molecule has 1 aromatic heterocycles. The SMILES string of the molecule is CCN1CCN(c2nc(C)c(CN)s2)CC1C. The van der Waals surface area contributed by atoms with Gasteiger partial charge in [0, 0.05) is 37.1 Å². The smallest absolute Gasteiger partial charge is 0.185 e. The van der Waals surface area contributed by atoms with Gasteiger partial charge >= 0.3 is 0 Å². The van der Waals surface area contributed by atoms with Crippen molar-refractivity contribution in [3.8, 4) is 0 Å². The lowest BCUT2D eigenvalue weighted by Crippen LogP contribution is -2.51. The number of hydrogen-bond donors (Lipinski definition) is 1. The molecule has 0 spiro atoms. The van der Waals surface area contributed by atoms with Gasteiger partial charge in [-0.15, -0.1) is 11.3 Å². The van der Waals surface area contributed by atoms with Crippen LogP contribution in [0.5, 0.6) is 0 Å². The second-order valence-electron chi connectivity index (χ2n) is 4.63. The summed E-state index contributed by atoms with van der Waals surface area (Å²) in [6.07, 6.45) is 0. The van der Waals surface area contributed by atoms with Crippen LogP contribution in [-0.4, -0.2) is 42.1 Å². The highest BCUT2D eigenvalue weighted by Gasteiger charge is 2.24. The van der Waals surface area contributed by atoms with Crippen LogP contribution in [0.2, 0.25) is 0 Å². The summed E-state index contributed by atoms with van der Waals surface area (Å²) in [4.78, 5) is 10.8. The normalized spacial score (nSPS) is 22.1. The van der Waals surface area contributed by atoms with Gasteiger partial charge in [-0.05, 0) is 20.4 Å². The number of aryl methyl sites for hydroxylation is 1. The summed E-state index contributed by atoms with van der Waals surface area (Å²) in [6, 6.07) is 0.610. The van der Waals surface area contributed by atoms with Crippen LogP contribution in [0.3, 0.4) is 0 Å². The Hall–Kier alpha value is -0.650. The zero-order valence-electron chi connectivity index (χ0n) is 10.9. The van der Waals surface area contributed by atoms with Crippen LogP contribution in [0.1, 0.15) is 24.4 Å². The molecule has 0 radical (unpaired) electrons. The Balaban J connectivity index is 2.08. The van der Waals surface area contributed by atoms with E-state index in [1.54, 1.807) is 11.3 Å². The van der Waals surface area contributed by atoms with Gasteiger partial charge in [-0.1, -0.05) is 6.92 Å². The van der Waals surface area contributed by atoms with Crippen molar-refractivity contribution in [3.05, 3.63) is 10.6 Å². The monoisotopic (exact) mass is 254 g/mol. The van der Waals surface area contributed by atoms with Crippen LogP contribution in [0.15, 0.2) is 0 Å². The molecule has 1 saturated heterocycles. The minimum atomic E-state index is 0.605. The number of piperazine rings is 1. The first-order valence-corrected chi connectivity index (χ1v) is 7.12. The molecule has 1 aliphatic heterocycles. The van der Waals surface area contributed by atoms with Crippen molar-refractivity contribution < 1.29 is 0 Å². The van der Waals surface area contributed by atoms with Gasteiger partial charge in [0.1, 0.15) is 0 Å². The maximum Gasteiger partial charge on any atom is 0.185 e. The summed E-state index contributed by atoms with van der Waals surface area (Å²) >= 11 is 1.75. The van der Waals surface area contributed by atoms with Gasteiger partial charge in [-0.25, -0.2) is 4.98 Å². The number of nitrogens with two attached hydrogens (primary N) is 1. The first kappa shape index (κ1) is 12.8. The third-order valence-electron chi connectivity index (χ3n) is 3.51. The molecule has 0 amide bonds. The lowest BCUT2D eigenvalue weighted by molar-refractivity contribution is 0.199. The van der Waals surface area contributed by atoms with Crippen LogP contribution < -0.4 is 10.6 Å². The predicted octanol–water partition coefficient (Wildman–Crippen LogP) is 1.44. The third-order valence-corrected chi connectivity index (χ3v) is 4.75. The lowest BCUT2D eigenvalue weighted by atomic mass is 10.2. The molecular weight excluding hydrogens is 232 g/mol. The largest absolute Gasteiger partial charge is 0.345 e. The van der Waals surface area contributed by atoms with E-state index in [9.17, 15) is 0 Å². The van der Waals surface area contributed by atoms with Gasteiger partial charge < -0.3 is 10.6 Å². The summed E-state index contributed by atoms with van der Waals surface area (Å²) in [6.45, 7) is 11.6. The topological polar surface area (TPSA) is 45.4 Å². The molecule has 1 atom stereocenters. The van der Waals surface area contributed by atoms with Crippen LogP contribution in [0.25, 0.3) is 0 Å². The van der Waals surface area contributed by atoms with Crippen LogP contribution in [-0.2, 0) is 6.54 Å². The van der Waals surface area contributed by atoms with Crippen molar-refractivity contribution in [2.75, 3.05) is 31.1 Å². The summed E-state index contributed by atoms with van der Waals surface area (Å²) in [5, 5.41) is 1.14. The van der Waals surface area contributed by atoms with E-state index in [1.807, 2.05) is 6.92 Å². The van der Waals surface area contributed by atoms with Gasteiger partial charge in [-0.2, -0.15) is 0 Å². The van der Waals surface area contributed by atoms with Crippen molar-refractivity contribution in [1.29, 1.82) is 0 Å². The van der Waals surface area contributed by atoms with E-state index in [2.05, 4.69) is 28.6 Å². The van der Waals surface area contributed by atoms with E-state index in [0.717, 1.165) is 37.0 Å². The summed E-state index contributed by atoms with van der Waals surface area (Å²) in [7, 11) is 0. The fourth-order valence-corrected chi connectivity index (χ4v) is 3.35. The maximum absolute atomic E-state index is 5.71. The number of rotatable bonds is 3. The molecule has 17 heavy (non-hydrogen) atoms. The van der Waals surface area contributed by atoms with Crippen molar-refractivity contribution in [3.63, 3.8) is 0 Å². The molecule has 4 nitrogen and oxygen atoms in total. The van der Waals surface area contributed by atoms with Gasteiger partial charge in [0.15, 0.2) is 5.13 Å². The number of nitrogens with zero attached hydrogens (tertiary/aromatic N) is 3.